The van der Waals surface area contributed by atoms with Crippen molar-refractivity contribution >= 4 is 15.9 Å². The first kappa shape index (κ1) is 16.9. The van der Waals surface area contributed by atoms with Gasteiger partial charge >= 0.3 is 0 Å². The summed E-state index contributed by atoms with van der Waals surface area (Å²) in [6, 6.07) is 8.28. The lowest BCUT2D eigenvalue weighted by Gasteiger charge is -2.19. The summed E-state index contributed by atoms with van der Waals surface area (Å²) in [6.45, 7) is 4.35. The lowest BCUT2D eigenvalue weighted by Crippen LogP contribution is -2.33. The third-order valence-corrected chi connectivity index (χ3v) is 4.39. The van der Waals surface area contributed by atoms with E-state index in [1.807, 2.05) is 18.2 Å². The van der Waals surface area contributed by atoms with E-state index in [1.165, 1.54) is 5.56 Å². The van der Waals surface area contributed by atoms with Crippen LogP contribution in [0.25, 0.3) is 0 Å². The fourth-order valence-corrected chi connectivity index (χ4v) is 3.05. The van der Waals surface area contributed by atoms with Crippen molar-refractivity contribution in [2.24, 2.45) is 0 Å². The van der Waals surface area contributed by atoms with Gasteiger partial charge in [0.25, 0.3) is 0 Å². The topological polar surface area (TPSA) is 50.7 Å². The lowest BCUT2D eigenvalue weighted by atomic mass is 10.1. The Balaban J connectivity index is 1.63. The van der Waals surface area contributed by atoms with E-state index in [4.69, 9.17) is 9.47 Å². The van der Waals surface area contributed by atoms with Gasteiger partial charge in [0.1, 0.15) is 0 Å². The molecule has 0 aliphatic carbocycles. The fraction of sp³-hybridized carbons (Fsp3) is 0.625. The minimum Gasteiger partial charge on any atom is -0.389 e. The molecule has 1 aliphatic heterocycles. The van der Waals surface area contributed by atoms with Gasteiger partial charge in [-0.2, -0.15) is 0 Å². The van der Waals surface area contributed by atoms with Crippen LogP contribution in [0.15, 0.2) is 28.7 Å². The number of nitrogens with one attached hydrogen (secondary N) is 1. The number of hydrogen-bond donors (Lipinski definition) is 2. The van der Waals surface area contributed by atoms with Crippen LogP contribution in [0.1, 0.15) is 31.4 Å². The summed E-state index contributed by atoms with van der Waals surface area (Å²) in [6.07, 6.45) is 1.88. The van der Waals surface area contributed by atoms with Crippen LogP contribution < -0.4 is 5.32 Å². The summed E-state index contributed by atoms with van der Waals surface area (Å²) in [7, 11) is 0. The van der Waals surface area contributed by atoms with Crippen molar-refractivity contribution in [2.45, 2.75) is 38.0 Å². The predicted octanol–water partition coefficient (Wildman–Crippen LogP) is 2.66. The third-order valence-electron chi connectivity index (χ3n) is 3.67. The van der Waals surface area contributed by atoms with E-state index >= 15 is 0 Å². The summed E-state index contributed by atoms with van der Waals surface area (Å²) in [5, 5.41) is 13.3. The van der Waals surface area contributed by atoms with E-state index < -0.39 is 6.10 Å². The Hall–Kier alpha value is -0.460. The highest BCUT2D eigenvalue weighted by Gasteiger charge is 2.16. The highest BCUT2D eigenvalue weighted by atomic mass is 79.9. The number of aliphatic hydroxyl groups is 1. The first-order chi connectivity index (χ1) is 10.2. The second kappa shape index (κ2) is 8.86. The van der Waals surface area contributed by atoms with E-state index in [-0.39, 0.29) is 12.1 Å². The minimum absolute atomic E-state index is 0.174. The Labute approximate surface area is 135 Å². The second-order valence-electron chi connectivity index (χ2n) is 5.48. The Morgan fingerprint density at radius 2 is 2.29 bits per heavy atom. The van der Waals surface area contributed by atoms with Gasteiger partial charge in [0, 0.05) is 23.7 Å². The molecule has 3 atom stereocenters. The van der Waals surface area contributed by atoms with Crippen molar-refractivity contribution in [2.75, 3.05) is 26.4 Å². The molecule has 1 fully saturated rings. The van der Waals surface area contributed by atoms with Crippen molar-refractivity contribution in [1.82, 2.24) is 5.32 Å². The average molecular weight is 358 g/mol. The number of ether oxygens (including phenoxy) is 2. The van der Waals surface area contributed by atoms with Gasteiger partial charge in [-0.15, -0.1) is 0 Å². The lowest BCUT2D eigenvalue weighted by molar-refractivity contribution is -0.0168. The Morgan fingerprint density at radius 3 is 3.00 bits per heavy atom. The maximum absolute atomic E-state index is 9.95. The minimum atomic E-state index is -0.503. The van der Waals surface area contributed by atoms with Crippen molar-refractivity contribution in [1.29, 1.82) is 0 Å². The van der Waals surface area contributed by atoms with Crippen LogP contribution in [0.5, 0.6) is 0 Å². The Bertz CT molecular complexity index is 424. The molecule has 1 saturated heterocycles. The molecule has 0 aromatic heterocycles. The molecular formula is C16H24BrNO3. The standard InChI is InChI=1S/C16H24BrNO3/c1-12(15-6-2-3-7-16(15)17)18-9-13(19)10-20-11-14-5-4-8-21-14/h2-3,6-7,12-14,18-19H,4-5,8-11H2,1H3/t12-,13?,14?/m0/s1. The van der Waals surface area contributed by atoms with Gasteiger partial charge in [-0.05, 0) is 31.4 Å². The van der Waals surface area contributed by atoms with Gasteiger partial charge in [-0.3, -0.25) is 0 Å². The highest BCUT2D eigenvalue weighted by molar-refractivity contribution is 9.10. The molecular weight excluding hydrogens is 334 g/mol. The van der Waals surface area contributed by atoms with Gasteiger partial charge < -0.3 is 19.9 Å². The average Bonchev–Trinajstić information content (AvgIpc) is 2.98. The number of rotatable bonds is 8. The van der Waals surface area contributed by atoms with E-state index in [2.05, 4.69) is 34.2 Å². The van der Waals surface area contributed by atoms with Gasteiger partial charge in [0.2, 0.25) is 0 Å². The van der Waals surface area contributed by atoms with E-state index in [0.29, 0.717) is 19.8 Å². The molecule has 2 rings (SSSR count). The zero-order chi connectivity index (χ0) is 15.1. The van der Waals surface area contributed by atoms with Gasteiger partial charge in [0.05, 0.1) is 25.4 Å². The van der Waals surface area contributed by atoms with Crippen LogP contribution in [-0.4, -0.2) is 43.7 Å². The maximum Gasteiger partial charge on any atom is 0.0897 e. The normalized spacial score (nSPS) is 21.4. The predicted molar refractivity (Wildman–Crippen MR) is 86.4 cm³/mol. The van der Waals surface area contributed by atoms with Crippen molar-refractivity contribution in [3.8, 4) is 0 Å². The van der Waals surface area contributed by atoms with Crippen LogP contribution >= 0.6 is 15.9 Å². The quantitative estimate of drug-likeness (QED) is 0.750. The van der Waals surface area contributed by atoms with Gasteiger partial charge in [-0.25, -0.2) is 0 Å². The van der Waals surface area contributed by atoms with Gasteiger partial charge in [-0.1, -0.05) is 34.1 Å². The monoisotopic (exact) mass is 357 g/mol. The molecule has 5 heteroatoms. The largest absolute Gasteiger partial charge is 0.389 e. The number of benzene rings is 1. The van der Waals surface area contributed by atoms with Crippen LogP contribution in [0.4, 0.5) is 0 Å². The van der Waals surface area contributed by atoms with Crippen LogP contribution in [-0.2, 0) is 9.47 Å². The van der Waals surface area contributed by atoms with E-state index in [0.717, 1.165) is 23.9 Å². The van der Waals surface area contributed by atoms with Gasteiger partial charge in [0.15, 0.2) is 0 Å². The van der Waals surface area contributed by atoms with Crippen molar-refractivity contribution in [3.05, 3.63) is 34.3 Å². The number of halogens is 1. The highest BCUT2D eigenvalue weighted by Crippen LogP contribution is 2.22. The molecule has 0 saturated carbocycles. The molecule has 1 aliphatic rings. The third kappa shape index (κ3) is 5.68. The van der Waals surface area contributed by atoms with Crippen LogP contribution in [0.2, 0.25) is 0 Å². The molecule has 1 heterocycles. The molecule has 0 amide bonds. The number of aliphatic hydroxyl groups excluding tert-OH is 1. The fourth-order valence-electron chi connectivity index (χ4n) is 2.42. The summed E-state index contributed by atoms with van der Waals surface area (Å²) in [4.78, 5) is 0. The Morgan fingerprint density at radius 1 is 1.48 bits per heavy atom. The van der Waals surface area contributed by atoms with Crippen molar-refractivity contribution < 1.29 is 14.6 Å². The first-order valence-electron chi connectivity index (χ1n) is 7.52. The van der Waals surface area contributed by atoms with Crippen molar-refractivity contribution in [3.63, 3.8) is 0 Å². The molecule has 21 heavy (non-hydrogen) atoms. The molecule has 1 aromatic rings. The molecule has 2 N–H and O–H groups in total. The first-order valence-corrected chi connectivity index (χ1v) is 8.31. The second-order valence-corrected chi connectivity index (χ2v) is 6.33. The smallest absolute Gasteiger partial charge is 0.0897 e. The summed E-state index contributed by atoms with van der Waals surface area (Å²) >= 11 is 3.54. The summed E-state index contributed by atoms with van der Waals surface area (Å²) in [5.74, 6) is 0. The SMILES string of the molecule is C[C@H](NCC(O)COCC1CCCO1)c1ccccc1Br. The molecule has 118 valence electrons. The molecule has 0 radical (unpaired) electrons. The molecule has 0 bridgehead atoms. The zero-order valence-corrected chi connectivity index (χ0v) is 14.0. The van der Waals surface area contributed by atoms with E-state index in [1.54, 1.807) is 0 Å². The van der Waals surface area contributed by atoms with Crippen LogP contribution in [0.3, 0.4) is 0 Å². The molecule has 0 spiro atoms. The maximum atomic E-state index is 9.95. The van der Waals surface area contributed by atoms with E-state index in [9.17, 15) is 5.11 Å². The summed E-state index contributed by atoms with van der Waals surface area (Å²) < 4.78 is 12.1. The number of hydrogen-bond acceptors (Lipinski definition) is 4. The molecule has 2 unspecified atom stereocenters. The summed E-state index contributed by atoms with van der Waals surface area (Å²) in [5.41, 5.74) is 1.19. The zero-order valence-electron chi connectivity index (χ0n) is 12.4. The Kier molecular flexibility index (Phi) is 7.13. The molecule has 1 aromatic carbocycles. The molecule has 4 nitrogen and oxygen atoms in total. The van der Waals surface area contributed by atoms with Crippen LogP contribution in [0, 0.1) is 0 Å².